The Kier molecular flexibility index (Phi) is 5.17. The molecule has 0 aliphatic carbocycles. The van der Waals surface area contributed by atoms with Gasteiger partial charge in [0.15, 0.2) is 0 Å². The molecule has 1 saturated heterocycles. The molecule has 0 aromatic heterocycles. The van der Waals surface area contributed by atoms with Crippen LogP contribution in [0, 0.1) is 5.92 Å². The fourth-order valence-corrected chi connectivity index (χ4v) is 3.21. The van der Waals surface area contributed by atoms with Gasteiger partial charge in [0.2, 0.25) is 10.0 Å². The third-order valence-electron chi connectivity index (χ3n) is 3.12. The number of ether oxygens (including phenoxy) is 1. The average Bonchev–Trinajstić information content (AvgIpc) is 2.28. The first-order chi connectivity index (χ1) is 7.47. The van der Waals surface area contributed by atoms with Crippen molar-refractivity contribution in [3.63, 3.8) is 0 Å². The molecule has 0 aromatic rings. The normalized spacial score (nSPS) is 24.6. The van der Waals surface area contributed by atoms with E-state index in [2.05, 4.69) is 0 Å². The van der Waals surface area contributed by atoms with E-state index in [0.29, 0.717) is 13.2 Å². The summed E-state index contributed by atoms with van der Waals surface area (Å²) in [5.41, 5.74) is 5.94. The first-order valence-corrected chi connectivity index (χ1v) is 7.35. The zero-order chi connectivity index (χ0) is 12.2. The summed E-state index contributed by atoms with van der Waals surface area (Å²) in [5, 5.41) is 0. The zero-order valence-electron chi connectivity index (χ0n) is 10.1. The van der Waals surface area contributed by atoms with Gasteiger partial charge >= 0.3 is 0 Å². The first-order valence-electron chi connectivity index (χ1n) is 5.74. The monoisotopic (exact) mass is 250 g/mol. The van der Waals surface area contributed by atoms with E-state index in [9.17, 15) is 8.42 Å². The quantitative estimate of drug-likeness (QED) is 0.746. The molecule has 0 bridgehead atoms. The Morgan fingerprint density at radius 1 is 1.56 bits per heavy atom. The van der Waals surface area contributed by atoms with Crippen LogP contribution in [-0.4, -0.2) is 51.3 Å². The van der Waals surface area contributed by atoms with Gasteiger partial charge in [0.05, 0.1) is 12.4 Å². The molecule has 0 aromatic carbocycles. The molecule has 1 aliphatic rings. The van der Waals surface area contributed by atoms with E-state index in [1.54, 1.807) is 7.05 Å². The van der Waals surface area contributed by atoms with Crippen LogP contribution in [0.15, 0.2) is 0 Å². The second-order valence-electron chi connectivity index (χ2n) is 4.33. The number of rotatable bonds is 5. The highest BCUT2D eigenvalue weighted by Gasteiger charge is 2.27. The Bertz CT molecular complexity index is 299. The maximum atomic E-state index is 11.8. The third kappa shape index (κ3) is 3.69. The lowest BCUT2D eigenvalue weighted by Gasteiger charge is -2.28. The van der Waals surface area contributed by atoms with Crippen molar-refractivity contribution in [1.29, 1.82) is 0 Å². The van der Waals surface area contributed by atoms with Gasteiger partial charge in [-0.25, -0.2) is 12.7 Å². The molecule has 2 unspecified atom stereocenters. The van der Waals surface area contributed by atoms with Gasteiger partial charge in [0.1, 0.15) is 0 Å². The van der Waals surface area contributed by atoms with Crippen LogP contribution >= 0.6 is 0 Å². The van der Waals surface area contributed by atoms with Crippen molar-refractivity contribution in [2.24, 2.45) is 11.7 Å². The largest absolute Gasteiger partial charge is 0.381 e. The van der Waals surface area contributed by atoms with Crippen molar-refractivity contribution in [2.75, 3.05) is 32.6 Å². The summed E-state index contributed by atoms with van der Waals surface area (Å²) in [5.74, 6) is 0.194. The van der Waals surface area contributed by atoms with Crippen LogP contribution in [0.5, 0.6) is 0 Å². The molecule has 1 heterocycles. The summed E-state index contributed by atoms with van der Waals surface area (Å²) < 4.78 is 30.3. The van der Waals surface area contributed by atoms with Crippen LogP contribution in [-0.2, 0) is 14.8 Å². The molecule has 0 radical (unpaired) electrons. The standard InChI is InChI=1S/C10H22N2O3S/c1-3-12(2)16(13,14)8-10(11)9-5-4-6-15-7-9/h9-10H,3-8,11H2,1-2H3. The van der Waals surface area contributed by atoms with E-state index >= 15 is 0 Å². The van der Waals surface area contributed by atoms with E-state index in [4.69, 9.17) is 10.5 Å². The van der Waals surface area contributed by atoms with Crippen molar-refractivity contribution < 1.29 is 13.2 Å². The Hall–Kier alpha value is -0.170. The lowest BCUT2D eigenvalue weighted by atomic mass is 9.96. The highest BCUT2D eigenvalue weighted by molar-refractivity contribution is 7.89. The molecular weight excluding hydrogens is 228 g/mol. The van der Waals surface area contributed by atoms with Crippen LogP contribution < -0.4 is 5.73 Å². The van der Waals surface area contributed by atoms with Crippen LogP contribution in [0.3, 0.4) is 0 Å². The highest BCUT2D eigenvalue weighted by atomic mass is 32.2. The van der Waals surface area contributed by atoms with E-state index < -0.39 is 10.0 Å². The molecule has 0 amide bonds. The fourth-order valence-electron chi connectivity index (χ4n) is 1.81. The Morgan fingerprint density at radius 3 is 2.75 bits per heavy atom. The zero-order valence-corrected chi connectivity index (χ0v) is 10.9. The summed E-state index contributed by atoms with van der Waals surface area (Å²) >= 11 is 0. The van der Waals surface area contributed by atoms with Crippen LogP contribution in [0.1, 0.15) is 19.8 Å². The number of sulfonamides is 1. The van der Waals surface area contributed by atoms with Gasteiger partial charge in [-0.2, -0.15) is 0 Å². The van der Waals surface area contributed by atoms with Gasteiger partial charge in [-0.15, -0.1) is 0 Å². The molecule has 1 aliphatic heterocycles. The summed E-state index contributed by atoms with van der Waals surface area (Å²) in [6.07, 6.45) is 1.94. The summed E-state index contributed by atoms with van der Waals surface area (Å²) in [6.45, 7) is 3.65. The second-order valence-corrected chi connectivity index (χ2v) is 6.45. The van der Waals surface area contributed by atoms with Gasteiger partial charge in [0, 0.05) is 26.2 Å². The van der Waals surface area contributed by atoms with Crippen LogP contribution in [0.4, 0.5) is 0 Å². The molecule has 96 valence electrons. The molecule has 2 N–H and O–H groups in total. The van der Waals surface area contributed by atoms with Gasteiger partial charge < -0.3 is 10.5 Å². The van der Waals surface area contributed by atoms with Crippen molar-refractivity contribution in [3.8, 4) is 0 Å². The Labute approximate surface area is 98.0 Å². The number of nitrogens with two attached hydrogens (primary N) is 1. The van der Waals surface area contributed by atoms with Crippen molar-refractivity contribution >= 4 is 10.0 Å². The maximum Gasteiger partial charge on any atom is 0.215 e. The molecule has 6 heteroatoms. The molecular formula is C10H22N2O3S. The van der Waals surface area contributed by atoms with Crippen molar-refractivity contribution in [2.45, 2.75) is 25.8 Å². The predicted molar refractivity (Wildman–Crippen MR) is 63.6 cm³/mol. The first kappa shape index (κ1) is 13.9. The van der Waals surface area contributed by atoms with Crippen LogP contribution in [0.25, 0.3) is 0 Å². The molecule has 1 fully saturated rings. The topological polar surface area (TPSA) is 72.6 Å². The maximum absolute atomic E-state index is 11.8. The van der Waals surface area contributed by atoms with E-state index in [1.807, 2.05) is 6.92 Å². The summed E-state index contributed by atoms with van der Waals surface area (Å²) in [4.78, 5) is 0. The molecule has 5 nitrogen and oxygen atoms in total. The fraction of sp³-hybridized carbons (Fsp3) is 1.00. The van der Waals surface area contributed by atoms with E-state index in [0.717, 1.165) is 19.4 Å². The predicted octanol–water partition coefficient (Wildman–Crippen LogP) is 0.0218. The summed E-state index contributed by atoms with van der Waals surface area (Å²) in [7, 11) is -1.62. The van der Waals surface area contributed by atoms with Gasteiger partial charge in [-0.3, -0.25) is 0 Å². The highest BCUT2D eigenvalue weighted by Crippen LogP contribution is 2.17. The number of hydrogen-bond donors (Lipinski definition) is 1. The molecule has 0 spiro atoms. The molecule has 0 saturated carbocycles. The Balaban J connectivity index is 2.52. The number of nitrogens with zero attached hydrogens (tertiary/aromatic N) is 1. The van der Waals surface area contributed by atoms with Crippen molar-refractivity contribution in [3.05, 3.63) is 0 Å². The number of hydrogen-bond acceptors (Lipinski definition) is 4. The van der Waals surface area contributed by atoms with Crippen LogP contribution in [0.2, 0.25) is 0 Å². The third-order valence-corrected chi connectivity index (χ3v) is 5.14. The lowest BCUT2D eigenvalue weighted by Crippen LogP contribution is -2.44. The minimum atomic E-state index is -3.21. The lowest BCUT2D eigenvalue weighted by molar-refractivity contribution is 0.0475. The Morgan fingerprint density at radius 2 is 2.25 bits per heavy atom. The average molecular weight is 250 g/mol. The van der Waals surface area contributed by atoms with E-state index in [-0.39, 0.29) is 17.7 Å². The van der Waals surface area contributed by atoms with Crippen molar-refractivity contribution in [1.82, 2.24) is 4.31 Å². The van der Waals surface area contributed by atoms with Gasteiger partial charge in [-0.1, -0.05) is 6.92 Å². The minimum Gasteiger partial charge on any atom is -0.381 e. The van der Waals surface area contributed by atoms with Gasteiger partial charge in [-0.05, 0) is 18.8 Å². The van der Waals surface area contributed by atoms with Gasteiger partial charge in [0.25, 0.3) is 0 Å². The van der Waals surface area contributed by atoms with E-state index in [1.165, 1.54) is 4.31 Å². The molecule has 2 atom stereocenters. The molecule has 16 heavy (non-hydrogen) atoms. The molecule has 1 rings (SSSR count). The smallest absolute Gasteiger partial charge is 0.215 e. The second kappa shape index (κ2) is 5.95. The SMILES string of the molecule is CCN(C)S(=O)(=O)CC(N)C1CCCOC1. The minimum absolute atomic E-state index is 0.0192. The summed E-state index contributed by atoms with van der Waals surface area (Å²) in [6, 6.07) is -0.320.